The summed E-state index contributed by atoms with van der Waals surface area (Å²) in [5, 5.41) is 0. The molecule has 0 spiro atoms. The lowest BCUT2D eigenvalue weighted by Gasteiger charge is -2.25. The molecule has 126 valence electrons. The summed E-state index contributed by atoms with van der Waals surface area (Å²) >= 11 is 0. The van der Waals surface area contributed by atoms with Gasteiger partial charge < -0.3 is 9.30 Å². The number of aromatic nitrogens is 1. The standard InChI is InChI=1S/C16H23N3O3S/c1-18(2)14(13-8-7-11-19(13)3)12-17-23(20,21)16-10-6-5-9-15(16)22-4/h5-11,14,17H,12H2,1-4H3/t14-/m1/s1. The van der Waals surface area contributed by atoms with Crippen LogP contribution in [-0.2, 0) is 17.1 Å². The number of hydrogen-bond acceptors (Lipinski definition) is 4. The van der Waals surface area contributed by atoms with Crippen molar-refractivity contribution in [3.63, 3.8) is 0 Å². The topological polar surface area (TPSA) is 63.6 Å². The number of aryl methyl sites for hydroxylation is 1. The summed E-state index contributed by atoms with van der Waals surface area (Å²) in [6, 6.07) is 10.5. The lowest BCUT2D eigenvalue weighted by molar-refractivity contribution is 0.289. The molecule has 1 aromatic heterocycles. The van der Waals surface area contributed by atoms with Crippen LogP contribution in [0.1, 0.15) is 11.7 Å². The number of sulfonamides is 1. The average Bonchev–Trinajstić information content (AvgIpc) is 2.93. The van der Waals surface area contributed by atoms with Crippen molar-refractivity contribution in [2.45, 2.75) is 10.9 Å². The van der Waals surface area contributed by atoms with E-state index >= 15 is 0 Å². The van der Waals surface area contributed by atoms with Crippen LogP contribution in [0, 0.1) is 0 Å². The summed E-state index contributed by atoms with van der Waals surface area (Å²) in [6.45, 7) is 0.269. The molecule has 1 N–H and O–H groups in total. The smallest absolute Gasteiger partial charge is 0.244 e. The number of methoxy groups -OCH3 is 1. The highest BCUT2D eigenvalue weighted by atomic mass is 32.2. The molecule has 1 aromatic carbocycles. The molecular formula is C16H23N3O3S. The van der Waals surface area contributed by atoms with Crippen molar-refractivity contribution >= 4 is 10.0 Å². The Bertz CT molecular complexity index is 753. The Morgan fingerprint density at radius 3 is 2.48 bits per heavy atom. The van der Waals surface area contributed by atoms with Crippen LogP contribution in [0.2, 0.25) is 0 Å². The van der Waals surface area contributed by atoms with E-state index in [1.807, 2.05) is 48.9 Å². The van der Waals surface area contributed by atoms with Gasteiger partial charge in [-0.25, -0.2) is 13.1 Å². The number of benzene rings is 1. The molecule has 0 saturated heterocycles. The van der Waals surface area contributed by atoms with Gasteiger partial charge in [-0.05, 0) is 38.4 Å². The highest BCUT2D eigenvalue weighted by molar-refractivity contribution is 7.89. The van der Waals surface area contributed by atoms with Gasteiger partial charge in [-0.3, -0.25) is 4.90 Å². The minimum atomic E-state index is -3.65. The molecule has 0 fully saturated rings. The Kier molecular flexibility index (Phi) is 5.46. The number of para-hydroxylation sites is 1. The van der Waals surface area contributed by atoms with Crippen molar-refractivity contribution in [2.24, 2.45) is 7.05 Å². The zero-order valence-electron chi connectivity index (χ0n) is 13.9. The minimum absolute atomic E-state index is 0.0699. The first-order valence-electron chi connectivity index (χ1n) is 7.27. The summed E-state index contributed by atoms with van der Waals surface area (Å²) in [5.74, 6) is 0.334. The molecule has 23 heavy (non-hydrogen) atoms. The summed E-state index contributed by atoms with van der Waals surface area (Å²) in [6.07, 6.45) is 1.94. The van der Waals surface area contributed by atoms with Crippen LogP contribution in [0.25, 0.3) is 0 Å². The van der Waals surface area contributed by atoms with E-state index in [2.05, 4.69) is 4.72 Å². The third kappa shape index (κ3) is 3.93. The van der Waals surface area contributed by atoms with Crippen LogP contribution >= 0.6 is 0 Å². The molecule has 0 saturated carbocycles. The number of likely N-dealkylation sites (N-methyl/N-ethyl adjacent to an activating group) is 1. The second-order valence-corrected chi connectivity index (χ2v) is 7.26. The van der Waals surface area contributed by atoms with E-state index in [1.165, 1.54) is 13.2 Å². The lowest BCUT2D eigenvalue weighted by atomic mass is 10.2. The molecule has 7 heteroatoms. The van der Waals surface area contributed by atoms with E-state index in [4.69, 9.17) is 4.74 Å². The van der Waals surface area contributed by atoms with Gasteiger partial charge >= 0.3 is 0 Å². The highest BCUT2D eigenvalue weighted by Gasteiger charge is 2.23. The fourth-order valence-corrected chi connectivity index (χ4v) is 3.69. The predicted octanol–water partition coefficient (Wildman–Crippen LogP) is 1.61. The molecule has 0 unspecified atom stereocenters. The third-order valence-electron chi connectivity index (χ3n) is 3.77. The molecule has 1 atom stereocenters. The molecule has 0 amide bonds. The van der Waals surface area contributed by atoms with E-state index in [-0.39, 0.29) is 17.5 Å². The second-order valence-electron chi connectivity index (χ2n) is 5.53. The summed E-state index contributed by atoms with van der Waals surface area (Å²) in [4.78, 5) is 2.13. The Morgan fingerprint density at radius 2 is 1.91 bits per heavy atom. The van der Waals surface area contributed by atoms with Gasteiger partial charge in [-0.15, -0.1) is 0 Å². The van der Waals surface area contributed by atoms with Gasteiger partial charge in [0.15, 0.2) is 0 Å². The molecule has 2 aromatic rings. The monoisotopic (exact) mass is 337 g/mol. The fourth-order valence-electron chi connectivity index (χ4n) is 2.48. The van der Waals surface area contributed by atoms with E-state index in [0.717, 1.165) is 5.69 Å². The number of rotatable bonds is 7. The first kappa shape index (κ1) is 17.5. The SMILES string of the molecule is COc1ccccc1S(=O)(=O)NC[C@H](c1cccn1C)N(C)C. The van der Waals surface area contributed by atoms with Gasteiger partial charge in [-0.1, -0.05) is 12.1 Å². The van der Waals surface area contributed by atoms with Crippen molar-refractivity contribution < 1.29 is 13.2 Å². The maximum atomic E-state index is 12.6. The predicted molar refractivity (Wildman–Crippen MR) is 90.0 cm³/mol. The fraction of sp³-hybridized carbons (Fsp3) is 0.375. The van der Waals surface area contributed by atoms with E-state index in [9.17, 15) is 8.42 Å². The van der Waals surface area contributed by atoms with Gasteiger partial charge in [0.05, 0.1) is 13.2 Å². The zero-order chi connectivity index (χ0) is 17.0. The Labute approximate surface area is 137 Å². The highest BCUT2D eigenvalue weighted by Crippen LogP contribution is 2.24. The molecule has 0 aliphatic heterocycles. The van der Waals surface area contributed by atoms with Crippen molar-refractivity contribution in [3.8, 4) is 5.75 Å². The van der Waals surface area contributed by atoms with Crippen LogP contribution in [0.15, 0.2) is 47.5 Å². The Balaban J connectivity index is 2.22. The van der Waals surface area contributed by atoms with E-state index < -0.39 is 10.0 Å². The number of ether oxygens (including phenoxy) is 1. The largest absolute Gasteiger partial charge is 0.495 e. The van der Waals surface area contributed by atoms with Crippen LogP contribution in [-0.4, -0.2) is 45.6 Å². The number of nitrogens with zero attached hydrogens (tertiary/aromatic N) is 2. The lowest BCUT2D eigenvalue weighted by Crippen LogP contribution is -2.35. The van der Waals surface area contributed by atoms with Crippen molar-refractivity contribution in [1.82, 2.24) is 14.2 Å². The summed E-state index contributed by atoms with van der Waals surface area (Å²) in [7, 11) is 3.61. The first-order valence-corrected chi connectivity index (χ1v) is 8.75. The molecule has 0 aliphatic carbocycles. The van der Waals surface area contributed by atoms with Gasteiger partial charge in [0.2, 0.25) is 10.0 Å². The van der Waals surface area contributed by atoms with Crippen LogP contribution in [0.4, 0.5) is 0 Å². The second kappa shape index (κ2) is 7.16. The number of nitrogens with one attached hydrogen (secondary N) is 1. The van der Waals surface area contributed by atoms with E-state index in [1.54, 1.807) is 18.2 Å². The molecule has 2 rings (SSSR count). The Hall–Kier alpha value is -1.83. The minimum Gasteiger partial charge on any atom is -0.495 e. The van der Waals surface area contributed by atoms with Gasteiger partial charge in [-0.2, -0.15) is 0 Å². The van der Waals surface area contributed by atoms with Crippen LogP contribution < -0.4 is 9.46 Å². The number of hydrogen-bond donors (Lipinski definition) is 1. The molecular weight excluding hydrogens is 314 g/mol. The molecule has 0 aliphatic rings. The molecule has 0 radical (unpaired) electrons. The Morgan fingerprint density at radius 1 is 1.22 bits per heavy atom. The molecule has 0 bridgehead atoms. The zero-order valence-corrected chi connectivity index (χ0v) is 14.7. The van der Waals surface area contributed by atoms with Gasteiger partial charge in [0, 0.05) is 25.5 Å². The maximum Gasteiger partial charge on any atom is 0.244 e. The first-order chi connectivity index (χ1) is 10.9. The van der Waals surface area contributed by atoms with Crippen molar-refractivity contribution in [2.75, 3.05) is 27.7 Å². The van der Waals surface area contributed by atoms with Crippen LogP contribution in [0.5, 0.6) is 5.75 Å². The van der Waals surface area contributed by atoms with E-state index in [0.29, 0.717) is 5.75 Å². The van der Waals surface area contributed by atoms with Crippen LogP contribution in [0.3, 0.4) is 0 Å². The maximum absolute atomic E-state index is 12.6. The average molecular weight is 337 g/mol. The summed E-state index contributed by atoms with van der Waals surface area (Å²) < 4.78 is 35.0. The normalized spacial score (nSPS) is 13.3. The van der Waals surface area contributed by atoms with Gasteiger partial charge in [0.1, 0.15) is 10.6 Å². The summed E-state index contributed by atoms with van der Waals surface area (Å²) in [5.41, 5.74) is 1.04. The van der Waals surface area contributed by atoms with Crippen molar-refractivity contribution in [3.05, 3.63) is 48.3 Å². The molecule has 1 heterocycles. The quantitative estimate of drug-likeness (QED) is 0.834. The van der Waals surface area contributed by atoms with Gasteiger partial charge in [0.25, 0.3) is 0 Å². The van der Waals surface area contributed by atoms with Crippen molar-refractivity contribution in [1.29, 1.82) is 0 Å². The third-order valence-corrected chi connectivity index (χ3v) is 5.24. The molecule has 6 nitrogen and oxygen atoms in total.